The molecular weight excluding hydrogens is 281 g/mol. The molecule has 6 heteroatoms. The van der Waals surface area contributed by atoms with Gasteiger partial charge in [-0.15, -0.1) is 15.3 Å². The Labute approximate surface area is 127 Å². The van der Waals surface area contributed by atoms with E-state index in [0.717, 1.165) is 18.9 Å². The van der Waals surface area contributed by atoms with Gasteiger partial charge in [0, 0.05) is 13.1 Å². The minimum absolute atomic E-state index is 0.321. The van der Waals surface area contributed by atoms with Crippen LogP contribution in [0.5, 0.6) is 0 Å². The maximum absolute atomic E-state index is 14.0. The van der Waals surface area contributed by atoms with Crippen LogP contribution in [0, 0.1) is 11.7 Å². The van der Waals surface area contributed by atoms with E-state index in [4.69, 9.17) is 0 Å². The summed E-state index contributed by atoms with van der Waals surface area (Å²) in [5, 5.41) is 12.8. The molecule has 0 bridgehead atoms. The molecule has 0 saturated carbocycles. The molecule has 1 aliphatic heterocycles. The fourth-order valence-corrected chi connectivity index (χ4v) is 2.90. The maximum Gasteiger partial charge on any atom is 0.188 e. The molecule has 0 spiro atoms. The zero-order valence-corrected chi connectivity index (χ0v) is 12.3. The minimum atomic E-state index is -0.321. The van der Waals surface area contributed by atoms with Crippen molar-refractivity contribution in [3.63, 3.8) is 0 Å². The van der Waals surface area contributed by atoms with Gasteiger partial charge in [0.25, 0.3) is 0 Å². The molecule has 1 atom stereocenters. The van der Waals surface area contributed by atoms with Crippen LogP contribution in [0.25, 0.3) is 17.0 Å². The lowest BCUT2D eigenvalue weighted by molar-refractivity contribution is 0.629. The van der Waals surface area contributed by atoms with Gasteiger partial charge in [-0.1, -0.05) is 19.1 Å². The standard InChI is InChI=1S/C16H16FN5/c1-11-8-9-21(10-11)15-7-6-14-18-19-16(22(14)20-15)12-4-2-3-5-13(12)17/h2-7,11H,8-10H2,1H3/t11-/m0/s1. The Morgan fingerprint density at radius 1 is 1.14 bits per heavy atom. The molecule has 3 heterocycles. The summed E-state index contributed by atoms with van der Waals surface area (Å²) in [5.41, 5.74) is 1.03. The Hall–Kier alpha value is -2.50. The van der Waals surface area contributed by atoms with Gasteiger partial charge < -0.3 is 4.90 Å². The van der Waals surface area contributed by atoms with Crippen molar-refractivity contribution in [2.45, 2.75) is 13.3 Å². The molecule has 1 fully saturated rings. The molecule has 0 aliphatic carbocycles. The van der Waals surface area contributed by atoms with E-state index in [1.165, 1.54) is 12.5 Å². The summed E-state index contributed by atoms with van der Waals surface area (Å²) in [7, 11) is 0. The van der Waals surface area contributed by atoms with Crippen LogP contribution < -0.4 is 4.90 Å². The van der Waals surface area contributed by atoms with Crippen LogP contribution in [0.2, 0.25) is 0 Å². The first-order valence-electron chi connectivity index (χ1n) is 7.44. The predicted octanol–water partition coefficient (Wildman–Crippen LogP) is 2.78. The van der Waals surface area contributed by atoms with Crippen molar-refractivity contribution in [2.75, 3.05) is 18.0 Å². The molecular formula is C16H16FN5. The van der Waals surface area contributed by atoms with Crippen molar-refractivity contribution in [3.8, 4) is 11.4 Å². The first-order chi connectivity index (χ1) is 10.7. The lowest BCUT2D eigenvalue weighted by atomic mass is 10.2. The molecule has 1 saturated heterocycles. The van der Waals surface area contributed by atoms with Gasteiger partial charge in [0.05, 0.1) is 5.56 Å². The summed E-state index contributed by atoms with van der Waals surface area (Å²) in [4.78, 5) is 2.25. The van der Waals surface area contributed by atoms with E-state index >= 15 is 0 Å². The number of hydrogen-bond donors (Lipinski definition) is 0. The molecule has 0 unspecified atom stereocenters. The molecule has 0 N–H and O–H groups in total. The SMILES string of the molecule is C[C@H]1CCN(c2ccc3nnc(-c4ccccc4F)n3n2)C1. The zero-order valence-electron chi connectivity index (χ0n) is 12.3. The van der Waals surface area contributed by atoms with E-state index in [1.54, 1.807) is 22.7 Å². The van der Waals surface area contributed by atoms with Crippen LogP contribution in [0.4, 0.5) is 10.2 Å². The van der Waals surface area contributed by atoms with E-state index < -0.39 is 0 Å². The van der Waals surface area contributed by atoms with Gasteiger partial charge in [-0.05, 0) is 36.6 Å². The summed E-state index contributed by atoms with van der Waals surface area (Å²) in [6.07, 6.45) is 1.17. The molecule has 22 heavy (non-hydrogen) atoms. The van der Waals surface area contributed by atoms with Crippen molar-refractivity contribution >= 4 is 11.5 Å². The second-order valence-corrected chi connectivity index (χ2v) is 5.80. The van der Waals surface area contributed by atoms with Crippen molar-refractivity contribution in [1.82, 2.24) is 19.8 Å². The third kappa shape index (κ3) is 2.11. The molecule has 3 aromatic rings. The van der Waals surface area contributed by atoms with Crippen LogP contribution in [-0.2, 0) is 0 Å². The second-order valence-electron chi connectivity index (χ2n) is 5.80. The third-order valence-corrected chi connectivity index (χ3v) is 4.11. The summed E-state index contributed by atoms with van der Waals surface area (Å²) in [5.74, 6) is 1.67. The summed E-state index contributed by atoms with van der Waals surface area (Å²) in [6, 6.07) is 10.4. The summed E-state index contributed by atoms with van der Waals surface area (Å²) in [6.45, 7) is 4.23. The topological polar surface area (TPSA) is 46.3 Å². The normalized spacial score (nSPS) is 18.3. The highest BCUT2D eigenvalue weighted by Gasteiger charge is 2.21. The molecule has 2 aromatic heterocycles. The van der Waals surface area contributed by atoms with E-state index in [0.29, 0.717) is 23.0 Å². The predicted molar refractivity (Wildman–Crippen MR) is 82.2 cm³/mol. The number of anilines is 1. The largest absolute Gasteiger partial charge is 0.355 e. The first kappa shape index (κ1) is 13.2. The van der Waals surface area contributed by atoms with Gasteiger partial charge in [-0.25, -0.2) is 4.39 Å². The van der Waals surface area contributed by atoms with Crippen LogP contribution in [0.1, 0.15) is 13.3 Å². The number of hydrogen-bond acceptors (Lipinski definition) is 4. The lowest BCUT2D eigenvalue weighted by Crippen LogP contribution is -2.21. The smallest absolute Gasteiger partial charge is 0.188 e. The Bertz CT molecular complexity index is 828. The van der Waals surface area contributed by atoms with Gasteiger partial charge in [0.15, 0.2) is 11.5 Å². The number of halogens is 1. The van der Waals surface area contributed by atoms with Crippen LogP contribution in [0.3, 0.4) is 0 Å². The van der Waals surface area contributed by atoms with Crippen molar-refractivity contribution in [1.29, 1.82) is 0 Å². The molecule has 112 valence electrons. The Kier molecular flexibility index (Phi) is 3.03. The van der Waals surface area contributed by atoms with Gasteiger partial charge in [-0.3, -0.25) is 0 Å². The van der Waals surface area contributed by atoms with Gasteiger partial charge in [-0.2, -0.15) is 4.52 Å². The van der Waals surface area contributed by atoms with Crippen molar-refractivity contribution in [2.24, 2.45) is 5.92 Å². The van der Waals surface area contributed by atoms with Crippen molar-refractivity contribution in [3.05, 3.63) is 42.2 Å². The Morgan fingerprint density at radius 3 is 2.77 bits per heavy atom. The highest BCUT2D eigenvalue weighted by atomic mass is 19.1. The summed E-state index contributed by atoms with van der Waals surface area (Å²) < 4.78 is 15.6. The fourth-order valence-electron chi connectivity index (χ4n) is 2.90. The van der Waals surface area contributed by atoms with Gasteiger partial charge in [0.2, 0.25) is 0 Å². The Morgan fingerprint density at radius 2 is 2.00 bits per heavy atom. The van der Waals surface area contributed by atoms with Crippen molar-refractivity contribution < 1.29 is 4.39 Å². The van der Waals surface area contributed by atoms with E-state index in [-0.39, 0.29) is 5.82 Å². The minimum Gasteiger partial charge on any atom is -0.355 e. The fraction of sp³-hybridized carbons (Fsp3) is 0.312. The molecule has 1 aromatic carbocycles. The number of rotatable bonds is 2. The number of nitrogens with zero attached hydrogens (tertiary/aromatic N) is 5. The average Bonchev–Trinajstić information content (AvgIpc) is 3.13. The second kappa shape index (κ2) is 5.05. The molecule has 5 nitrogen and oxygen atoms in total. The summed E-state index contributed by atoms with van der Waals surface area (Å²) >= 11 is 0. The van der Waals surface area contributed by atoms with Crippen LogP contribution in [-0.4, -0.2) is 32.9 Å². The van der Waals surface area contributed by atoms with Gasteiger partial charge >= 0.3 is 0 Å². The number of aromatic nitrogens is 4. The highest BCUT2D eigenvalue weighted by Crippen LogP contribution is 2.24. The van der Waals surface area contributed by atoms with E-state index in [1.807, 2.05) is 12.1 Å². The number of fused-ring (bicyclic) bond motifs is 1. The third-order valence-electron chi connectivity index (χ3n) is 4.11. The Balaban J connectivity index is 1.82. The maximum atomic E-state index is 14.0. The molecule has 0 radical (unpaired) electrons. The molecule has 0 amide bonds. The molecule has 4 rings (SSSR count). The molecule has 1 aliphatic rings. The van der Waals surface area contributed by atoms with Crippen LogP contribution in [0.15, 0.2) is 36.4 Å². The monoisotopic (exact) mass is 297 g/mol. The highest BCUT2D eigenvalue weighted by molar-refractivity contribution is 5.60. The van der Waals surface area contributed by atoms with E-state index in [9.17, 15) is 4.39 Å². The quantitative estimate of drug-likeness (QED) is 0.729. The average molecular weight is 297 g/mol. The lowest BCUT2D eigenvalue weighted by Gasteiger charge is -2.16. The first-order valence-corrected chi connectivity index (χ1v) is 7.44. The zero-order chi connectivity index (χ0) is 15.1. The van der Waals surface area contributed by atoms with E-state index in [2.05, 4.69) is 27.1 Å². The number of benzene rings is 1. The van der Waals surface area contributed by atoms with Crippen LogP contribution >= 0.6 is 0 Å². The van der Waals surface area contributed by atoms with Gasteiger partial charge in [0.1, 0.15) is 11.6 Å².